The normalized spacial score (nSPS) is 17.2. The Labute approximate surface area is 190 Å². The number of benzene rings is 3. The molecule has 0 spiro atoms. The van der Waals surface area contributed by atoms with E-state index in [1.54, 1.807) is 0 Å². The lowest BCUT2D eigenvalue weighted by atomic mass is 9.95. The van der Waals surface area contributed by atoms with Crippen LogP contribution in [0.3, 0.4) is 0 Å². The van der Waals surface area contributed by atoms with E-state index in [1.807, 2.05) is 30.3 Å². The maximum Gasteiger partial charge on any atom is 0.227 e. The summed E-state index contributed by atoms with van der Waals surface area (Å²) in [5.74, 6) is 1.24. The van der Waals surface area contributed by atoms with Crippen LogP contribution in [0.25, 0.3) is 0 Å². The van der Waals surface area contributed by atoms with E-state index < -0.39 is 0 Å². The van der Waals surface area contributed by atoms with E-state index in [4.69, 9.17) is 4.74 Å². The Bertz CT molecular complexity index is 1060. The maximum absolute atomic E-state index is 12.8. The molecule has 0 radical (unpaired) electrons. The van der Waals surface area contributed by atoms with Crippen LogP contribution in [0.5, 0.6) is 5.75 Å². The van der Waals surface area contributed by atoms with Crippen molar-refractivity contribution in [1.82, 2.24) is 4.90 Å². The molecule has 1 amide bonds. The van der Waals surface area contributed by atoms with E-state index in [0.29, 0.717) is 19.1 Å². The van der Waals surface area contributed by atoms with Crippen LogP contribution >= 0.6 is 0 Å². The lowest BCUT2D eigenvalue weighted by Crippen LogP contribution is -2.49. The zero-order valence-electron chi connectivity index (χ0n) is 18.5. The Morgan fingerprint density at radius 1 is 0.812 bits per heavy atom. The average Bonchev–Trinajstić information content (AvgIpc) is 2.85. The van der Waals surface area contributed by atoms with Gasteiger partial charge in [0.1, 0.15) is 12.4 Å². The molecule has 0 atom stereocenters. The first-order valence-corrected chi connectivity index (χ1v) is 11.6. The van der Waals surface area contributed by atoms with E-state index in [9.17, 15) is 4.79 Å². The molecule has 4 heteroatoms. The molecule has 0 aliphatic carbocycles. The van der Waals surface area contributed by atoms with Crippen molar-refractivity contribution >= 4 is 11.6 Å². The number of carbonyl (C=O) groups excluding carboxylic acids is 1. The Balaban J connectivity index is 1.21. The molecule has 0 bridgehead atoms. The third-order valence-corrected chi connectivity index (χ3v) is 6.65. The van der Waals surface area contributed by atoms with Gasteiger partial charge in [-0.05, 0) is 42.5 Å². The van der Waals surface area contributed by atoms with Gasteiger partial charge in [-0.1, -0.05) is 66.7 Å². The molecule has 2 aliphatic heterocycles. The summed E-state index contributed by atoms with van der Waals surface area (Å²) in [6.45, 7) is 3.44. The fourth-order valence-corrected chi connectivity index (χ4v) is 4.94. The van der Waals surface area contributed by atoms with Crippen molar-refractivity contribution in [3.63, 3.8) is 0 Å². The molecule has 5 rings (SSSR count). The van der Waals surface area contributed by atoms with Crippen molar-refractivity contribution in [2.45, 2.75) is 44.9 Å². The Kier molecular flexibility index (Phi) is 6.22. The topological polar surface area (TPSA) is 32.8 Å². The minimum Gasteiger partial charge on any atom is -0.489 e. The van der Waals surface area contributed by atoms with E-state index in [-0.39, 0.29) is 5.91 Å². The number of hydrogen-bond donors (Lipinski definition) is 0. The van der Waals surface area contributed by atoms with Gasteiger partial charge in [0.05, 0.1) is 0 Å². The fraction of sp³-hybridized carbons (Fsp3) is 0.321. The van der Waals surface area contributed by atoms with Crippen molar-refractivity contribution in [3.8, 4) is 5.75 Å². The number of hydrogen-bond acceptors (Lipinski definition) is 3. The third-order valence-electron chi connectivity index (χ3n) is 6.65. The second kappa shape index (κ2) is 9.58. The first-order chi connectivity index (χ1) is 15.8. The van der Waals surface area contributed by atoms with Gasteiger partial charge in [-0.25, -0.2) is 0 Å². The zero-order valence-corrected chi connectivity index (χ0v) is 18.5. The summed E-state index contributed by atoms with van der Waals surface area (Å²) in [5, 5.41) is 0. The summed E-state index contributed by atoms with van der Waals surface area (Å²) < 4.78 is 6.15. The highest BCUT2D eigenvalue weighted by molar-refractivity contribution is 5.97. The van der Waals surface area contributed by atoms with Crippen LogP contribution in [0.1, 0.15) is 36.0 Å². The van der Waals surface area contributed by atoms with Crippen LogP contribution in [0, 0.1) is 0 Å². The number of fused-ring (bicyclic) bond motifs is 1. The number of nitrogens with zero attached hydrogens (tertiary/aromatic N) is 2. The Morgan fingerprint density at radius 3 is 2.38 bits per heavy atom. The van der Waals surface area contributed by atoms with E-state index in [0.717, 1.165) is 50.3 Å². The van der Waals surface area contributed by atoms with Crippen LogP contribution in [-0.4, -0.2) is 29.9 Å². The van der Waals surface area contributed by atoms with Gasteiger partial charge in [-0.15, -0.1) is 0 Å². The number of likely N-dealkylation sites (tertiary alicyclic amines) is 1. The minimum absolute atomic E-state index is 0.279. The molecule has 3 aromatic rings. The van der Waals surface area contributed by atoms with E-state index in [2.05, 4.69) is 58.3 Å². The molecule has 32 heavy (non-hydrogen) atoms. The minimum atomic E-state index is 0.279. The van der Waals surface area contributed by atoms with Crippen LogP contribution in [-0.2, 0) is 24.4 Å². The Hall–Kier alpha value is -3.11. The predicted molar refractivity (Wildman–Crippen MR) is 128 cm³/mol. The van der Waals surface area contributed by atoms with Crippen molar-refractivity contribution < 1.29 is 9.53 Å². The molecule has 1 fully saturated rings. The second-order valence-electron chi connectivity index (χ2n) is 8.78. The standard InChI is InChI=1S/C28H30N2O2/c31-28-15-14-23-10-4-6-12-26(23)30(28)25-16-18-29(19-17-25)20-24-11-5-7-13-27(24)32-21-22-8-2-1-3-9-22/h1-13,25H,14-21H2. The van der Waals surface area contributed by atoms with Gasteiger partial charge < -0.3 is 9.64 Å². The number of para-hydroxylation sites is 2. The molecule has 0 N–H and O–H groups in total. The lowest BCUT2D eigenvalue weighted by molar-refractivity contribution is -0.119. The number of anilines is 1. The SMILES string of the molecule is O=C1CCc2ccccc2N1C1CCN(Cc2ccccc2OCc2ccccc2)CC1. The number of amides is 1. The first-order valence-electron chi connectivity index (χ1n) is 11.6. The number of carbonyl (C=O) groups is 1. The highest BCUT2D eigenvalue weighted by Gasteiger charge is 2.32. The molecule has 0 saturated carbocycles. The summed E-state index contributed by atoms with van der Waals surface area (Å²) >= 11 is 0. The monoisotopic (exact) mass is 426 g/mol. The van der Waals surface area contributed by atoms with Gasteiger partial charge in [0.25, 0.3) is 0 Å². The number of aryl methyl sites for hydroxylation is 1. The third kappa shape index (κ3) is 4.56. The largest absolute Gasteiger partial charge is 0.489 e. The Morgan fingerprint density at radius 2 is 1.53 bits per heavy atom. The van der Waals surface area contributed by atoms with Crippen molar-refractivity contribution in [3.05, 3.63) is 95.6 Å². The lowest BCUT2D eigenvalue weighted by Gasteiger charge is -2.41. The maximum atomic E-state index is 12.8. The van der Waals surface area contributed by atoms with Crippen molar-refractivity contribution in [2.24, 2.45) is 0 Å². The van der Waals surface area contributed by atoms with Crippen LogP contribution in [0.15, 0.2) is 78.9 Å². The number of ether oxygens (including phenoxy) is 1. The van der Waals surface area contributed by atoms with Crippen molar-refractivity contribution in [2.75, 3.05) is 18.0 Å². The van der Waals surface area contributed by atoms with Crippen molar-refractivity contribution in [1.29, 1.82) is 0 Å². The van der Waals surface area contributed by atoms with Gasteiger partial charge in [-0.3, -0.25) is 9.69 Å². The molecule has 1 saturated heterocycles. The molecular weight excluding hydrogens is 396 g/mol. The van der Waals surface area contributed by atoms with Gasteiger partial charge in [0.15, 0.2) is 0 Å². The van der Waals surface area contributed by atoms with Gasteiger partial charge in [0.2, 0.25) is 5.91 Å². The predicted octanol–water partition coefficient (Wildman–Crippen LogP) is 5.21. The molecule has 0 aromatic heterocycles. The number of rotatable bonds is 6. The summed E-state index contributed by atoms with van der Waals surface area (Å²) in [4.78, 5) is 17.3. The first kappa shape index (κ1) is 20.8. The van der Waals surface area contributed by atoms with E-state index in [1.165, 1.54) is 16.7 Å². The smallest absolute Gasteiger partial charge is 0.227 e. The van der Waals surface area contributed by atoms with E-state index >= 15 is 0 Å². The van der Waals surface area contributed by atoms with Crippen LogP contribution < -0.4 is 9.64 Å². The highest BCUT2D eigenvalue weighted by Crippen LogP contribution is 2.33. The molecule has 2 aliphatic rings. The summed E-state index contributed by atoms with van der Waals surface area (Å²) in [6, 6.07) is 27.3. The molecule has 4 nitrogen and oxygen atoms in total. The molecule has 2 heterocycles. The summed E-state index contributed by atoms with van der Waals surface area (Å²) in [5.41, 5.74) is 4.83. The molecule has 164 valence electrons. The zero-order chi connectivity index (χ0) is 21.8. The quantitative estimate of drug-likeness (QED) is 0.542. The average molecular weight is 427 g/mol. The highest BCUT2D eigenvalue weighted by atomic mass is 16.5. The molecular formula is C28H30N2O2. The van der Waals surface area contributed by atoms with Gasteiger partial charge in [0, 0.05) is 43.3 Å². The second-order valence-corrected chi connectivity index (χ2v) is 8.78. The molecule has 3 aromatic carbocycles. The summed E-state index contributed by atoms with van der Waals surface area (Å²) in [6.07, 6.45) is 3.51. The van der Waals surface area contributed by atoms with Gasteiger partial charge in [-0.2, -0.15) is 0 Å². The fourth-order valence-electron chi connectivity index (χ4n) is 4.94. The summed E-state index contributed by atoms with van der Waals surface area (Å²) in [7, 11) is 0. The van der Waals surface area contributed by atoms with Crippen LogP contribution in [0.4, 0.5) is 5.69 Å². The van der Waals surface area contributed by atoms with Gasteiger partial charge >= 0.3 is 0 Å². The number of piperidine rings is 1. The molecule has 0 unspecified atom stereocenters. The van der Waals surface area contributed by atoms with Crippen LogP contribution in [0.2, 0.25) is 0 Å².